The minimum Gasteiger partial charge on any atom is -0.347 e. The number of rotatable bonds is 0. The molecule has 2 atom stereocenters. The molecule has 3 heteroatoms. The van der Waals surface area contributed by atoms with Crippen molar-refractivity contribution in [3.63, 3.8) is 0 Å². The van der Waals surface area contributed by atoms with Crippen LogP contribution in [0.4, 0.5) is 0 Å². The Morgan fingerprint density at radius 1 is 1.18 bits per heavy atom. The fourth-order valence-corrected chi connectivity index (χ4v) is 2.62. The molecule has 0 radical (unpaired) electrons. The van der Waals surface area contributed by atoms with Gasteiger partial charge in [-0.15, -0.1) is 0 Å². The van der Waals surface area contributed by atoms with E-state index in [9.17, 15) is 0 Å². The van der Waals surface area contributed by atoms with E-state index >= 15 is 0 Å². The smallest absolute Gasteiger partial charge is 0.201 e. The lowest BCUT2D eigenvalue weighted by molar-refractivity contribution is -0.275. The first kappa shape index (κ1) is 13.1. The minimum absolute atomic E-state index is 0.0144. The van der Waals surface area contributed by atoms with Crippen LogP contribution in [0.1, 0.15) is 48.0 Å². The normalized spacial score (nSPS) is 31.3. The van der Waals surface area contributed by atoms with Crippen LogP contribution in [-0.4, -0.2) is 29.5 Å². The van der Waals surface area contributed by atoms with E-state index in [0.717, 1.165) is 13.0 Å². The van der Waals surface area contributed by atoms with E-state index in [4.69, 9.17) is 9.57 Å². The molecule has 0 N–H and O–H groups in total. The van der Waals surface area contributed by atoms with Gasteiger partial charge in [0.25, 0.3) is 0 Å². The van der Waals surface area contributed by atoms with Crippen LogP contribution in [0.5, 0.6) is 0 Å². The average Bonchev–Trinajstić information content (AvgIpc) is 2.54. The van der Waals surface area contributed by atoms with Crippen molar-refractivity contribution in [3.8, 4) is 0 Å². The lowest BCUT2D eigenvalue weighted by atomic mass is 9.80. The third kappa shape index (κ3) is 2.42. The molecule has 0 saturated carbocycles. The van der Waals surface area contributed by atoms with Gasteiger partial charge in [0.05, 0.1) is 12.6 Å². The molecule has 0 bridgehead atoms. The number of hydrogen-bond acceptors (Lipinski definition) is 3. The zero-order valence-corrected chi connectivity index (χ0v) is 11.9. The van der Waals surface area contributed by atoms with Crippen molar-refractivity contribution in [1.29, 1.82) is 0 Å². The highest BCUT2D eigenvalue weighted by Crippen LogP contribution is 2.43. The predicted molar refractivity (Wildman–Crippen MR) is 68.4 cm³/mol. The number of hydrogen-bond donors (Lipinski definition) is 0. The van der Waals surface area contributed by atoms with Crippen LogP contribution < -0.4 is 0 Å². The molecule has 1 fully saturated rings. The Labute approximate surface area is 105 Å². The van der Waals surface area contributed by atoms with E-state index < -0.39 is 0 Å². The first-order valence-corrected chi connectivity index (χ1v) is 6.49. The maximum absolute atomic E-state index is 6.01. The summed E-state index contributed by atoms with van der Waals surface area (Å²) in [6.45, 7) is 14.1. The van der Waals surface area contributed by atoms with E-state index in [1.807, 2.05) is 0 Å². The Morgan fingerprint density at radius 3 is 2.35 bits per heavy atom. The van der Waals surface area contributed by atoms with Gasteiger partial charge in [-0.1, -0.05) is 26.8 Å². The molecule has 2 heterocycles. The van der Waals surface area contributed by atoms with E-state index in [-0.39, 0.29) is 17.2 Å². The van der Waals surface area contributed by atoms with Gasteiger partial charge in [-0.2, -0.15) is 5.06 Å². The van der Waals surface area contributed by atoms with Gasteiger partial charge in [0.1, 0.15) is 0 Å². The molecule has 2 aliphatic heterocycles. The molecule has 98 valence electrons. The second-order valence-corrected chi connectivity index (χ2v) is 7.07. The maximum Gasteiger partial charge on any atom is 0.201 e. The summed E-state index contributed by atoms with van der Waals surface area (Å²) in [7, 11) is 0. The topological polar surface area (TPSA) is 21.7 Å². The lowest BCUT2D eigenvalue weighted by Gasteiger charge is -2.40. The number of hydroxylamine groups is 2. The Bertz CT molecular complexity index is 322. The van der Waals surface area contributed by atoms with Crippen molar-refractivity contribution in [1.82, 2.24) is 5.06 Å². The highest BCUT2D eigenvalue weighted by molar-refractivity contribution is 5.22. The predicted octanol–water partition coefficient (Wildman–Crippen LogP) is 3.12. The minimum atomic E-state index is -0.160. The molecule has 17 heavy (non-hydrogen) atoms. The van der Waals surface area contributed by atoms with Crippen LogP contribution in [0.25, 0.3) is 0 Å². The highest BCUT2D eigenvalue weighted by atomic mass is 16.8. The molecular weight excluding hydrogens is 214 g/mol. The molecule has 2 rings (SSSR count). The van der Waals surface area contributed by atoms with Gasteiger partial charge in [0.2, 0.25) is 6.29 Å². The van der Waals surface area contributed by atoms with Crippen molar-refractivity contribution in [2.75, 3.05) is 6.61 Å². The van der Waals surface area contributed by atoms with Gasteiger partial charge < -0.3 is 4.74 Å². The SMILES string of the molecule is CC(C)(C)[C@@H]1C2=CCCO[C@H]2ON1C(C)(C)C. The zero-order valence-electron chi connectivity index (χ0n) is 11.9. The van der Waals surface area contributed by atoms with Gasteiger partial charge in [0.15, 0.2) is 0 Å². The van der Waals surface area contributed by atoms with E-state index in [1.165, 1.54) is 5.57 Å². The van der Waals surface area contributed by atoms with Crippen LogP contribution in [0.3, 0.4) is 0 Å². The molecule has 0 aromatic carbocycles. The quantitative estimate of drug-likeness (QED) is 0.606. The first-order valence-electron chi connectivity index (χ1n) is 6.49. The number of ether oxygens (including phenoxy) is 1. The number of nitrogens with zero attached hydrogens (tertiary/aromatic N) is 1. The molecule has 0 aliphatic carbocycles. The van der Waals surface area contributed by atoms with Crippen LogP contribution in [0.2, 0.25) is 0 Å². The van der Waals surface area contributed by atoms with E-state index in [0.29, 0.717) is 6.04 Å². The van der Waals surface area contributed by atoms with Crippen LogP contribution in [0, 0.1) is 5.41 Å². The summed E-state index contributed by atoms with van der Waals surface area (Å²) in [5.74, 6) is 0. The Hall–Kier alpha value is -0.380. The molecule has 0 aromatic heterocycles. The highest BCUT2D eigenvalue weighted by Gasteiger charge is 2.49. The van der Waals surface area contributed by atoms with Gasteiger partial charge in [0, 0.05) is 11.1 Å². The average molecular weight is 239 g/mol. The molecule has 0 aromatic rings. The summed E-state index contributed by atoms with van der Waals surface area (Å²) >= 11 is 0. The fraction of sp³-hybridized carbons (Fsp3) is 0.857. The summed E-state index contributed by atoms with van der Waals surface area (Å²) in [6, 6.07) is 0.299. The Kier molecular flexibility index (Phi) is 3.13. The van der Waals surface area contributed by atoms with Gasteiger partial charge in [-0.05, 0) is 32.6 Å². The van der Waals surface area contributed by atoms with Gasteiger partial charge in [-0.25, -0.2) is 0 Å². The number of fused-ring (bicyclic) bond motifs is 1. The molecule has 0 spiro atoms. The fourth-order valence-electron chi connectivity index (χ4n) is 2.62. The van der Waals surface area contributed by atoms with E-state index in [2.05, 4.69) is 52.7 Å². The zero-order chi connectivity index (χ0) is 12.8. The Balaban J connectivity index is 2.36. The van der Waals surface area contributed by atoms with Crippen molar-refractivity contribution < 1.29 is 9.57 Å². The van der Waals surface area contributed by atoms with Crippen LogP contribution >= 0.6 is 0 Å². The van der Waals surface area contributed by atoms with Crippen molar-refractivity contribution >= 4 is 0 Å². The third-order valence-corrected chi connectivity index (χ3v) is 3.28. The first-order chi connectivity index (χ1) is 7.71. The van der Waals surface area contributed by atoms with Crippen LogP contribution in [-0.2, 0) is 9.57 Å². The standard InChI is InChI=1S/C14H25NO2/c1-13(2,3)11-10-8-7-9-16-12(10)17-15(11)14(4,5)6/h8,11-12H,7,9H2,1-6H3/t11-,12-/m0/s1. The molecule has 0 amide bonds. The second-order valence-electron chi connectivity index (χ2n) is 7.07. The van der Waals surface area contributed by atoms with Crippen LogP contribution in [0.15, 0.2) is 11.6 Å². The van der Waals surface area contributed by atoms with Crippen molar-refractivity contribution in [2.45, 2.75) is 65.8 Å². The lowest BCUT2D eigenvalue weighted by Crippen LogP contribution is -2.49. The van der Waals surface area contributed by atoms with Gasteiger partial charge >= 0.3 is 0 Å². The molecular formula is C14H25NO2. The third-order valence-electron chi connectivity index (χ3n) is 3.28. The maximum atomic E-state index is 6.01. The summed E-state index contributed by atoms with van der Waals surface area (Å²) in [5.41, 5.74) is 1.44. The summed E-state index contributed by atoms with van der Waals surface area (Å²) in [5, 5.41) is 2.12. The second kappa shape index (κ2) is 4.08. The molecule has 3 nitrogen and oxygen atoms in total. The van der Waals surface area contributed by atoms with Crippen molar-refractivity contribution in [2.24, 2.45) is 5.41 Å². The van der Waals surface area contributed by atoms with E-state index in [1.54, 1.807) is 0 Å². The Morgan fingerprint density at radius 2 is 1.82 bits per heavy atom. The summed E-state index contributed by atoms with van der Waals surface area (Å²) < 4.78 is 5.72. The largest absolute Gasteiger partial charge is 0.347 e. The summed E-state index contributed by atoms with van der Waals surface area (Å²) in [4.78, 5) is 6.01. The molecule has 1 saturated heterocycles. The van der Waals surface area contributed by atoms with Crippen molar-refractivity contribution in [3.05, 3.63) is 11.6 Å². The summed E-state index contributed by atoms with van der Waals surface area (Å²) in [6.07, 6.45) is 3.14. The monoisotopic (exact) mass is 239 g/mol. The molecule has 0 unspecified atom stereocenters. The van der Waals surface area contributed by atoms with Gasteiger partial charge in [-0.3, -0.25) is 4.84 Å². The molecule has 2 aliphatic rings.